The van der Waals surface area contributed by atoms with E-state index in [0.717, 1.165) is 23.6 Å². The molecule has 2 aliphatic heterocycles. The molecule has 2 heterocycles. The zero-order chi connectivity index (χ0) is 15.0. The minimum atomic E-state index is -0.579. The average Bonchev–Trinajstić information content (AvgIpc) is 2.52. The van der Waals surface area contributed by atoms with Crippen LogP contribution in [0.2, 0.25) is 0 Å². The molecule has 0 saturated carbocycles. The number of aliphatic hydroxyl groups is 1. The number of carbonyl (C=O) groups is 1. The van der Waals surface area contributed by atoms with Crippen LogP contribution in [0.4, 0.5) is 10.1 Å². The highest BCUT2D eigenvalue weighted by molar-refractivity contribution is 6.07. The third-order valence-electron chi connectivity index (χ3n) is 3.86. The summed E-state index contributed by atoms with van der Waals surface area (Å²) < 4.78 is 19.9. The van der Waals surface area contributed by atoms with Gasteiger partial charge in [-0.1, -0.05) is 6.07 Å². The Kier molecular flexibility index (Phi) is 3.65. The van der Waals surface area contributed by atoms with Crippen LogP contribution in [-0.2, 0) is 4.79 Å². The van der Waals surface area contributed by atoms with Gasteiger partial charge in [-0.3, -0.25) is 9.69 Å². The second-order valence-electron chi connectivity index (χ2n) is 5.20. The fourth-order valence-electron chi connectivity index (χ4n) is 2.67. The molecule has 3 rings (SSSR count). The molecule has 1 fully saturated rings. The standard InChI is InChI=1S/C15H17FN2O3/c1-9-2-3-11-13(12(9)16)18(8-19)15(20)14(21-11)10-4-6-17-7-5-10/h2-3,17,19H,4-8H2,1H3. The fourth-order valence-corrected chi connectivity index (χ4v) is 2.67. The zero-order valence-corrected chi connectivity index (χ0v) is 11.8. The number of benzene rings is 1. The number of anilines is 1. The number of fused-ring (bicyclic) bond motifs is 1. The number of nitrogens with one attached hydrogen (secondary N) is 1. The molecule has 0 atom stereocenters. The van der Waals surface area contributed by atoms with Gasteiger partial charge in [-0.25, -0.2) is 4.39 Å². The summed E-state index contributed by atoms with van der Waals surface area (Å²) in [6, 6.07) is 3.23. The molecular weight excluding hydrogens is 275 g/mol. The highest BCUT2D eigenvalue weighted by Crippen LogP contribution is 2.39. The van der Waals surface area contributed by atoms with Crippen molar-refractivity contribution in [2.75, 3.05) is 24.7 Å². The number of hydrogen-bond donors (Lipinski definition) is 2. The molecular formula is C15H17FN2O3. The molecule has 2 N–H and O–H groups in total. The van der Waals surface area contributed by atoms with Crippen molar-refractivity contribution in [3.63, 3.8) is 0 Å². The van der Waals surface area contributed by atoms with Crippen molar-refractivity contribution in [3.05, 3.63) is 34.8 Å². The van der Waals surface area contributed by atoms with E-state index in [9.17, 15) is 14.3 Å². The summed E-state index contributed by atoms with van der Waals surface area (Å²) in [5.41, 5.74) is 1.33. The van der Waals surface area contributed by atoms with Crippen LogP contribution in [-0.4, -0.2) is 30.8 Å². The molecule has 1 aromatic carbocycles. The maximum absolute atomic E-state index is 14.3. The quantitative estimate of drug-likeness (QED) is 0.769. The molecule has 1 saturated heterocycles. The van der Waals surface area contributed by atoms with Gasteiger partial charge in [0.05, 0.1) is 0 Å². The normalized spacial score (nSPS) is 18.6. The van der Waals surface area contributed by atoms with Crippen LogP contribution < -0.4 is 15.0 Å². The lowest BCUT2D eigenvalue weighted by Crippen LogP contribution is -2.40. The van der Waals surface area contributed by atoms with Gasteiger partial charge in [0.15, 0.2) is 17.3 Å². The van der Waals surface area contributed by atoms with E-state index < -0.39 is 18.5 Å². The minimum Gasteiger partial charge on any atom is -0.449 e. The molecule has 21 heavy (non-hydrogen) atoms. The van der Waals surface area contributed by atoms with E-state index in [2.05, 4.69) is 5.32 Å². The molecule has 0 radical (unpaired) electrons. The van der Waals surface area contributed by atoms with E-state index in [-0.39, 0.29) is 17.2 Å². The van der Waals surface area contributed by atoms with Gasteiger partial charge >= 0.3 is 0 Å². The van der Waals surface area contributed by atoms with Gasteiger partial charge in [-0.2, -0.15) is 0 Å². The molecule has 1 aromatic rings. The molecule has 0 bridgehead atoms. The van der Waals surface area contributed by atoms with Gasteiger partial charge in [0.2, 0.25) is 0 Å². The summed E-state index contributed by atoms with van der Waals surface area (Å²) in [6.45, 7) is 2.59. The maximum Gasteiger partial charge on any atom is 0.296 e. The summed E-state index contributed by atoms with van der Waals surface area (Å²) in [5.74, 6) is -0.523. The Hall–Kier alpha value is -1.92. The Bertz CT molecular complexity index is 620. The lowest BCUT2D eigenvalue weighted by atomic mass is 10.0. The molecule has 112 valence electrons. The average molecular weight is 292 g/mol. The SMILES string of the molecule is Cc1ccc2c(c1F)N(CO)C(=O)C(=C1CCNCC1)O2. The van der Waals surface area contributed by atoms with Crippen LogP contribution in [0.5, 0.6) is 5.75 Å². The van der Waals surface area contributed by atoms with Crippen LogP contribution >= 0.6 is 0 Å². The maximum atomic E-state index is 14.3. The van der Waals surface area contributed by atoms with E-state index in [1.165, 1.54) is 0 Å². The number of carbonyl (C=O) groups excluding carboxylic acids is 1. The first-order valence-corrected chi connectivity index (χ1v) is 6.96. The summed E-state index contributed by atoms with van der Waals surface area (Å²) in [5, 5.41) is 12.7. The number of ether oxygens (including phenoxy) is 1. The highest BCUT2D eigenvalue weighted by Gasteiger charge is 2.35. The number of amides is 1. The predicted octanol–water partition coefficient (Wildman–Crippen LogP) is 1.45. The molecule has 0 unspecified atom stereocenters. The van der Waals surface area contributed by atoms with Gasteiger partial charge < -0.3 is 15.2 Å². The van der Waals surface area contributed by atoms with Crippen LogP contribution in [0.1, 0.15) is 18.4 Å². The monoisotopic (exact) mass is 292 g/mol. The Labute approximate surface area is 122 Å². The zero-order valence-electron chi connectivity index (χ0n) is 11.8. The number of aryl methyl sites for hydroxylation is 1. The van der Waals surface area contributed by atoms with E-state index in [1.807, 2.05) is 0 Å². The van der Waals surface area contributed by atoms with Crippen molar-refractivity contribution in [1.29, 1.82) is 0 Å². The van der Waals surface area contributed by atoms with Crippen LogP contribution in [0, 0.1) is 12.7 Å². The summed E-state index contributed by atoms with van der Waals surface area (Å²) in [6.07, 6.45) is 1.42. The van der Waals surface area contributed by atoms with Gasteiger partial charge in [0.1, 0.15) is 12.4 Å². The number of rotatable bonds is 1. The van der Waals surface area contributed by atoms with E-state index in [0.29, 0.717) is 18.4 Å². The molecule has 0 spiro atoms. The third kappa shape index (κ3) is 2.30. The summed E-state index contributed by atoms with van der Waals surface area (Å²) in [4.78, 5) is 13.5. The van der Waals surface area contributed by atoms with Crippen molar-refractivity contribution in [2.45, 2.75) is 19.8 Å². The highest BCUT2D eigenvalue weighted by atomic mass is 19.1. The minimum absolute atomic E-state index is 0.0146. The van der Waals surface area contributed by atoms with Gasteiger partial charge in [0, 0.05) is 0 Å². The summed E-state index contributed by atoms with van der Waals surface area (Å²) in [7, 11) is 0. The first-order valence-electron chi connectivity index (χ1n) is 6.96. The van der Waals surface area contributed by atoms with Gasteiger partial charge in [-0.15, -0.1) is 0 Å². The third-order valence-corrected chi connectivity index (χ3v) is 3.86. The second kappa shape index (κ2) is 5.46. The molecule has 0 aliphatic carbocycles. The van der Waals surface area contributed by atoms with Crippen molar-refractivity contribution in [3.8, 4) is 5.75 Å². The summed E-state index contributed by atoms with van der Waals surface area (Å²) >= 11 is 0. The number of nitrogens with zero attached hydrogens (tertiary/aromatic N) is 1. The lowest BCUT2D eigenvalue weighted by Gasteiger charge is -2.31. The molecule has 1 amide bonds. The Morgan fingerprint density at radius 2 is 2.10 bits per heavy atom. The Morgan fingerprint density at radius 3 is 2.76 bits per heavy atom. The van der Waals surface area contributed by atoms with Gasteiger partial charge in [-0.05, 0) is 50.1 Å². The fraction of sp³-hybridized carbons (Fsp3) is 0.400. The van der Waals surface area contributed by atoms with Crippen LogP contribution in [0.25, 0.3) is 0 Å². The van der Waals surface area contributed by atoms with Crippen molar-refractivity contribution in [2.24, 2.45) is 0 Å². The van der Waals surface area contributed by atoms with Gasteiger partial charge in [0.25, 0.3) is 5.91 Å². The van der Waals surface area contributed by atoms with Crippen molar-refractivity contribution < 1.29 is 19.0 Å². The number of aliphatic hydroxyl groups excluding tert-OH is 1. The molecule has 6 heteroatoms. The first-order chi connectivity index (χ1) is 10.1. The van der Waals surface area contributed by atoms with E-state index >= 15 is 0 Å². The predicted molar refractivity (Wildman–Crippen MR) is 75.5 cm³/mol. The first kappa shape index (κ1) is 14.0. The number of halogens is 1. The smallest absolute Gasteiger partial charge is 0.296 e. The van der Waals surface area contributed by atoms with Crippen molar-refractivity contribution >= 4 is 11.6 Å². The number of hydrogen-bond acceptors (Lipinski definition) is 4. The number of piperidine rings is 1. The molecule has 0 aromatic heterocycles. The second-order valence-corrected chi connectivity index (χ2v) is 5.20. The molecule has 2 aliphatic rings. The largest absolute Gasteiger partial charge is 0.449 e. The van der Waals surface area contributed by atoms with Crippen molar-refractivity contribution in [1.82, 2.24) is 5.32 Å². The van der Waals surface area contributed by atoms with Crippen LogP contribution in [0.15, 0.2) is 23.5 Å². The Balaban J connectivity index is 2.10. The topological polar surface area (TPSA) is 61.8 Å². The van der Waals surface area contributed by atoms with E-state index in [4.69, 9.17) is 4.74 Å². The van der Waals surface area contributed by atoms with E-state index in [1.54, 1.807) is 19.1 Å². The van der Waals surface area contributed by atoms with Crippen LogP contribution in [0.3, 0.4) is 0 Å². The lowest BCUT2D eigenvalue weighted by molar-refractivity contribution is -0.118. The molecule has 5 nitrogen and oxygen atoms in total. The Morgan fingerprint density at radius 1 is 1.38 bits per heavy atom.